The Morgan fingerprint density at radius 2 is 2.00 bits per heavy atom. The summed E-state index contributed by atoms with van der Waals surface area (Å²) in [4.78, 5) is 30.6. The minimum Gasteiger partial charge on any atom is -0.481 e. The predicted molar refractivity (Wildman–Crippen MR) is 80.0 cm³/mol. The molecule has 0 spiro atoms. The standard InChI is InChI=1S/C13H18BrN3O3/c1-8(13(19)20)7-17(4)12(18)10-5-9(14)6-15-11(10)16(2)3/h5-6,8H,7H2,1-4H3,(H,19,20). The number of hydrogen-bond acceptors (Lipinski definition) is 4. The van der Waals surface area contributed by atoms with Crippen molar-refractivity contribution in [1.29, 1.82) is 0 Å². The maximum atomic E-state index is 12.4. The molecule has 0 fully saturated rings. The molecule has 7 heteroatoms. The number of rotatable bonds is 5. The summed E-state index contributed by atoms with van der Waals surface area (Å²) >= 11 is 3.29. The van der Waals surface area contributed by atoms with Crippen LogP contribution in [0.5, 0.6) is 0 Å². The summed E-state index contributed by atoms with van der Waals surface area (Å²) in [7, 11) is 5.18. The zero-order valence-electron chi connectivity index (χ0n) is 11.9. The maximum Gasteiger partial charge on any atom is 0.308 e. The van der Waals surface area contributed by atoms with E-state index in [4.69, 9.17) is 5.11 Å². The highest BCUT2D eigenvalue weighted by atomic mass is 79.9. The molecule has 1 aromatic heterocycles. The van der Waals surface area contributed by atoms with E-state index < -0.39 is 11.9 Å². The first-order valence-electron chi connectivity index (χ1n) is 6.05. The number of pyridine rings is 1. The summed E-state index contributed by atoms with van der Waals surface area (Å²) < 4.78 is 0.700. The predicted octanol–water partition coefficient (Wildman–Crippen LogP) is 1.70. The SMILES string of the molecule is CC(CN(C)C(=O)c1cc(Br)cnc1N(C)C)C(=O)O. The maximum absolute atomic E-state index is 12.4. The van der Waals surface area contributed by atoms with E-state index in [1.54, 1.807) is 45.2 Å². The molecular formula is C13H18BrN3O3. The zero-order chi connectivity index (χ0) is 15.4. The Labute approximate surface area is 126 Å². The highest BCUT2D eigenvalue weighted by Gasteiger charge is 2.22. The van der Waals surface area contributed by atoms with E-state index in [1.807, 2.05) is 0 Å². The van der Waals surface area contributed by atoms with Gasteiger partial charge in [0.1, 0.15) is 5.82 Å². The third-order valence-corrected chi connectivity index (χ3v) is 3.24. The van der Waals surface area contributed by atoms with Gasteiger partial charge in [-0.15, -0.1) is 0 Å². The van der Waals surface area contributed by atoms with Crippen LogP contribution in [-0.2, 0) is 4.79 Å². The highest BCUT2D eigenvalue weighted by molar-refractivity contribution is 9.10. The van der Waals surface area contributed by atoms with Gasteiger partial charge >= 0.3 is 5.97 Å². The van der Waals surface area contributed by atoms with Gasteiger partial charge in [-0.3, -0.25) is 9.59 Å². The molecule has 1 amide bonds. The average Bonchev–Trinajstić information content (AvgIpc) is 2.36. The molecule has 0 aliphatic carbocycles. The lowest BCUT2D eigenvalue weighted by molar-refractivity contribution is -0.141. The van der Waals surface area contributed by atoms with Gasteiger partial charge in [0.2, 0.25) is 0 Å². The van der Waals surface area contributed by atoms with Crippen LogP contribution in [0.2, 0.25) is 0 Å². The monoisotopic (exact) mass is 343 g/mol. The van der Waals surface area contributed by atoms with Gasteiger partial charge in [-0.25, -0.2) is 4.98 Å². The molecule has 1 N–H and O–H groups in total. The second kappa shape index (κ2) is 6.69. The first-order chi connectivity index (χ1) is 9.23. The largest absolute Gasteiger partial charge is 0.481 e. The van der Waals surface area contributed by atoms with Crippen LogP contribution >= 0.6 is 15.9 Å². The van der Waals surface area contributed by atoms with Crippen molar-refractivity contribution in [2.24, 2.45) is 5.92 Å². The van der Waals surface area contributed by atoms with Crippen LogP contribution in [0.1, 0.15) is 17.3 Å². The number of carboxylic acids is 1. The van der Waals surface area contributed by atoms with Crippen molar-refractivity contribution in [2.75, 3.05) is 32.6 Å². The number of nitrogens with zero attached hydrogens (tertiary/aromatic N) is 3. The molecule has 1 aromatic rings. The molecule has 1 unspecified atom stereocenters. The van der Waals surface area contributed by atoms with Crippen molar-refractivity contribution in [3.8, 4) is 0 Å². The minimum absolute atomic E-state index is 0.146. The Morgan fingerprint density at radius 1 is 1.40 bits per heavy atom. The molecule has 0 aliphatic heterocycles. The fourth-order valence-corrected chi connectivity index (χ4v) is 2.05. The summed E-state index contributed by atoms with van der Waals surface area (Å²) in [6, 6.07) is 1.69. The van der Waals surface area contributed by atoms with Crippen LogP contribution in [0.3, 0.4) is 0 Å². The summed E-state index contributed by atoms with van der Waals surface area (Å²) in [5.41, 5.74) is 0.435. The summed E-state index contributed by atoms with van der Waals surface area (Å²) in [6.07, 6.45) is 1.62. The van der Waals surface area contributed by atoms with Gasteiger partial charge < -0.3 is 14.9 Å². The molecule has 0 saturated carbocycles. The number of carbonyl (C=O) groups is 2. The number of hydrogen-bond donors (Lipinski definition) is 1. The smallest absolute Gasteiger partial charge is 0.308 e. The Balaban J connectivity index is 3.02. The molecule has 0 aromatic carbocycles. The van der Waals surface area contributed by atoms with Gasteiger partial charge in [-0.1, -0.05) is 6.92 Å². The van der Waals surface area contributed by atoms with Crippen LogP contribution in [-0.4, -0.2) is 54.6 Å². The summed E-state index contributed by atoms with van der Waals surface area (Å²) in [6.45, 7) is 1.71. The van der Waals surface area contributed by atoms with Gasteiger partial charge in [0.15, 0.2) is 0 Å². The normalized spacial score (nSPS) is 11.8. The fraction of sp³-hybridized carbons (Fsp3) is 0.462. The van der Waals surface area contributed by atoms with Gasteiger partial charge in [0, 0.05) is 38.4 Å². The number of carboxylic acid groups (broad SMARTS) is 1. The van der Waals surface area contributed by atoms with Crippen molar-refractivity contribution in [1.82, 2.24) is 9.88 Å². The number of carbonyl (C=O) groups excluding carboxylic acids is 1. The average molecular weight is 344 g/mol. The molecule has 0 aliphatic rings. The quantitative estimate of drug-likeness (QED) is 0.880. The van der Waals surface area contributed by atoms with E-state index in [0.29, 0.717) is 15.9 Å². The third kappa shape index (κ3) is 3.93. The van der Waals surface area contributed by atoms with Crippen LogP contribution in [0.4, 0.5) is 5.82 Å². The lowest BCUT2D eigenvalue weighted by Gasteiger charge is -2.22. The zero-order valence-corrected chi connectivity index (χ0v) is 13.5. The summed E-state index contributed by atoms with van der Waals surface area (Å²) in [5.74, 6) is -1.25. The third-order valence-electron chi connectivity index (χ3n) is 2.80. The lowest BCUT2D eigenvalue weighted by Crippen LogP contribution is -2.34. The van der Waals surface area contributed by atoms with E-state index in [1.165, 1.54) is 4.90 Å². The van der Waals surface area contributed by atoms with E-state index in [9.17, 15) is 9.59 Å². The van der Waals surface area contributed by atoms with Gasteiger partial charge in [0.05, 0.1) is 11.5 Å². The Kier molecular flexibility index (Phi) is 5.50. The molecule has 1 atom stereocenters. The second-order valence-electron chi connectivity index (χ2n) is 4.84. The first-order valence-corrected chi connectivity index (χ1v) is 6.84. The van der Waals surface area contributed by atoms with E-state index in [2.05, 4.69) is 20.9 Å². The fourth-order valence-electron chi connectivity index (χ4n) is 1.72. The van der Waals surface area contributed by atoms with Crippen LogP contribution in [0.25, 0.3) is 0 Å². The molecule has 6 nitrogen and oxygen atoms in total. The van der Waals surface area contributed by atoms with Crippen LogP contribution in [0.15, 0.2) is 16.7 Å². The van der Waals surface area contributed by atoms with Crippen LogP contribution in [0, 0.1) is 5.92 Å². The number of aromatic nitrogens is 1. The topological polar surface area (TPSA) is 73.7 Å². The number of aliphatic carboxylic acids is 1. The lowest BCUT2D eigenvalue weighted by atomic mass is 10.1. The number of anilines is 1. The van der Waals surface area contributed by atoms with E-state index in [-0.39, 0.29) is 12.5 Å². The van der Waals surface area contributed by atoms with Gasteiger partial charge in [-0.05, 0) is 22.0 Å². The molecule has 0 saturated heterocycles. The van der Waals surface area contributed by atoms with E-state index >= 15 is 0 Å². The number of halogens is 1. The van der Waals surface area contributed by atoms with E-state index in [0.717, 1.165) is 0 Å². The van der Waals surface area contributed by atoms with Gasteiger partial charge in [-0.2, -0.15) is 0 Å². The van der Waals surface area contributed by atoms with Crippen molar-refractivity contribution < 1.29 is 14.7 Å². The molecule has 1 rings (SSSR count). The Hall–Kier alpha value is -1.63. The van der Waals surface area contributed by atoms with Crippen molar-refractivity contribution >= 4 is 33.6 Å². The molecular weight excluding hydrogens is 326 g/mol. The van der Waals surface area contributed by atoms with Crippen molar-refractivity contribution in [3.63, 3.8) is 0 Å². The van der Waals surface area contributed by atoms with Crippen molar-refractivity contribution in [3.05, 3.63) is 22.3 Å². The molecule has 0 bridgehead atoms. The molecule has 0 radical (unpaired) electrons. The Bertz CT molecular complexity index is 520. The Morgan fingerprint density at radius 3 is 2.50 bits per heavy atom. The molecule has 110 valence electrons. The molecule has 1 heterocycles. The highest BCUT2D eigenvalue weighted by Crippen LogP contribution is 2.21. The number of amides is 1. The summed E-state index contributed by atoms with van der Waals surface area (Å²) in [5, 5.41) is 8.90. The van der Waals surface area contributed by atoms with Crippen LogP contribution < -0.4 is 4.90 Å². The van der Waals surface area contributed by atoms with Crippen molar-refractivity contribution in [2.45, 2.75) is 6.92 Å². The first kappa shape index (κ1) is 16.4. The minimum atomic E-state index is -0.926. The molecule has 20 heavy (non-hydrogen) atoms. The second-order valence-corrected chi connectivity index (χ2v) is 5.76. The van der Waals surface area contributed by atoms with Gasteiger partial charge in [0.25, 0.3) is 5.91 Å².